The number of fused-ring (bicyclic) bond motifs is 1. The summed E-state index contributed by atoms with van der Waals surface area (Å²) in [7, 11) is 0. The second-order valence-corrected chi connectivity index (χ2v) is 8.29. The first-order chi connectivity index (χ1) is 15.5. The number of nitrogens with two attached hydrogens (primary N) is 1. The summed E-state index contributed by atoms with van der Waals surface area (Å²) in [5.41, 5.74) is 5.33. The Morgan fingerprint density at radius 3 is 2.85 bits per heavy atom. The van der Waals surface area contributed by atoms with Gasteiger partial charge in [-0.25, -0.2) is 23.1 Å². The number of alkyl halides is 2. The first-order valence-electron chi connectivity index (χ1n) is 9.74. The number of anilines is 1. The lowest BCUT2D eigenvalue weighted by molar-refractivity contribution is -0.0714. The van der Waals surface area contributed by atoms with Gasteiger partial charge < -0.3 is 20.5 Å². The van der Waals surface area contributed by atoms with Crippen LogP contribution < -0.4 is 15.8 Å². The summed E-state index contributed by atoms with van der Waals surface area (Å²) in [5, 5.41) is 2.92. The van der Waals surface area contributed by atoms with Crippen molar-refractivity contribution in [2.45, 2.75) is 25.5 Å². The third-order valence-electron chi connectivity index (χ3n) is 5.50. The van der Waals surface area contributed by atoms with E-state index in [2.05, 4.69) is 25.0 Å². The van der Waals surface area contributed by atoms with Crippen LogP contribution in [-0.4, -0.2) is 53.0 Å². The molecule has 0 unspecified atom stereocenters. The van der Waals surface area contributed by atoms with Crippen molar-refractivity contribution in [3.8, 4) is 5.88 Å². The zero-order chi connectivity index (χ0) is 22.7. The Hall–Kier alpha value is -2.86. The van der Waals surface area contributed by atoms with Gasteiger partial charge in [0.05, 0.1) is 24.0 Å². The Morgan fingerprint density at radius 2 is 2.15 bits per heavy atom. The largest absolute Gasteiger partial charge is 0.445 e. The third kappa shape index (κ3) is 4.91. The van der Waals surface area contributed by atoms with E-state index in [1.54, 1.807) is 0 Å². The number of benzene rings is 1. The van der Waals surface area contributed by atoms with E-state index in [9.17, 15) is 13.6 Å². The van der Waals surface area contributed by atoms with E-state index in [0.717, 1.165) is 12.4 Å². The molecule has 0 radical (unpaired) electrons. The molecule has 0 saturated carbocycles. The maximum Gasteiger partial charge on any atom is 0.275 e. The standard InChI is InChI=1S/C20H20F3N5O3S.CH4/c21-6-16-13-9-32-19(24)28-20(13,3-4-30-16)12-5-11(1-2-14(12)23)27-18(29)15-7-26-17(8-25-15)31-10-22;/h1-2,5,7-8,13,16H,3-4,6,9-10H2,(H2,24,28)(H,27,29);1H4/t13-,16-,20-;/m1./s1. The van der Waals surface area contributed by atoms with Crippen LogP contribution in [0.3, 0.4) is 0 Å². The third-order valence-corrected chi connectivity index (χ3v) is 6.42. The van der Waals surface area contributed by atoms with Gasteiger partial charge in [0.1, 0.15) is 18.2 Å². The second kappa shape index (κ2) is 10.4. The molecule has 0 aliphatic carbocycles. The van der Waals surface area contributed by atoms with Crippen molar-refractivity contribution in [3.05, 3.63) is 47.7 Å². The molecule has 2 aliphatic rings. The van der Waals surface area contributed by atoms with Crippen LogP contribution in [-0.2, 0) is 10.3 Å². The molecule has 178 valence electrons. The lowest BCUT2D eigenvalue weighted by atomic mass is 9.72. The molecule has 2 aromatic rings. The number of aliphatic imine (C=N–C) groups is 1. The van der Waals surface area contributed by atoms with E-state index in [-0.39, 0.29) is 31.2 Å². The van der Waals surface area contributed by atoms with Crippen LogP contribution >= 0.6 is 11.8 Å². The van der Waals surface area contributed by atoms with Crippen molar-refractivity contribution in [1.29, 1.82) is 0 Å². The SMILES string of the molecule is C.NC1=N[C@@]2(c3cc(NC(=O)c4cnc(OCF)cn4)ccc3F)CCO[C@H](CF)[C@H]2CS1. The minimum atomic E-state index is -1.10. The predicted octanol–water partition coefficient (Wildman–Crippen LogP) is 3.44. The molecule has 1 saturated heterocycles. The quantitative estimate of drug-likeness (QED) is 0.647. The highest BCUT2D eigenvalue weighted by molar-refractivity contribution is 8.13. The molecule has 0 bridgehead atoms. The average molecular weight is 484 g/mol. The fourth-order valence-electron chi connectivity index (χ4n) is 4.00. The number of amides is 1. The van der Waals surface area contributed by atoms with Crippen molar-refractivity contribution in [3.63, 3.8) is 0 Å². The molecular formula is C21H24F3N5O3S. The number of aromatic nitrogens is 2. The molecule has 12 heteroatoms. The normalized spacial score (nSPS) is 24.2. The minimum Gasteiger partial charge on any atom is -0.445 e. The van der Waals surface area contributed by atoms with Crippen molar-refractivity contribution >= 4 is 28.5 Å². The zero-order valence-electron chi connectivity index (χ0n) is 16.8. The highest BCUT2D eigenvalue weighted by Crippen LogP contribution is 2.48. The molecule has 1 amide bonds. The van der Waals surface area contributed by atoms with Gasteiger partial charge in [-0.2, -0.15) is 0 Å². The van der Waals surface area contributed by atoms with E-state index in [0.29, 0.717) is 23.0 Å². The number of amidine groups is 1. The number of rotatable bonds is 6. The van der Waals surface area contributed by atoms with Gasteiger partial charge in [-0.05, 0) is 18.2 Å². The Kier molecular flexibility index (Phi) is 7.80. The van der Waals surface area contributed by atoms with Crippen molar-refractivity contribution in [2.75, 3.05) is 31.2 Å². The number of hydrogen-bond acceptors (Lipinski definition) is 8. The number of halogens is 3. The summed E-state index contributed by atoms with van der Waals surface area (Å²) in [6, 6.07) is 4.09. The average Bonchev–Trinajstić information content (AvgIpc) is 2.80. The van der Waals surface area contributed by atoms with Gasteiger partial charge in [-0.15, -0.1) is 0 Å². The summed E-state index contributed by atoms with van der Waals surface area (Å²) in [4.78, 5) is 24.8. The molecule has 0 spiro atoms. The lowest BCUT2D eigenvalue weighted by Gasteiger charge is -2.47. The number of hydrogen-bond donors (Lipinski definition) is 2. The number of thioether (sulfide) groups is 1. The molecular weight excluding hydrogens is 459 g/mol. The second-order valence-electron chi connectivity index (χ2n) is 7.25. The van der Waals surface area contributed by atoms with Gasteiger partial charge in [-0.3, -0.25) is 9.79 Å². The van der Waals surface area contributed by atoms with E-state index in [4.69, 9.17) is 10.5 Å². The fraction of sp³-hybridized carbons (Fsp3) is 0.429. The first-order valence-corrected chi connectivity index (χ1v) is 10.7. The Bertz CT molecular complexity index is 1030. The number of nitrogens with one attached hydrogen (secondary N) is 1. The molecule has 33 heavy (non-hydrogen) atoms. The van der Waals surface area contributed by atoms with Crippen LogP contribution in [0.4, 0.5) is 18.9 Å². The maximum atomic E-state index is 15.0. The number of carbonyl (C=O) groups excluding carboxylic acids is 1. The van der Waals surface area contributed by atoms with E-state index >= 15 is 4.39 Å². The molecule has 3 atom stereocenters. The fourth-order valence-corrected chi connectivity index (χ4v) is 5.07. The molecule has 4 rings (SSSR count). The van der Waals surface area contributed by atoms with Crippen LogP contribution in [0.25, 0.3) is 0 Å². The van der Waals surface area contributed by atoms with Crippen LogP contribution in [0, 0.1) is 11.7 Å². The molecule has 1 fully saturated rings. The highest BCUT2D eigenvalue weighted by atomic mass is 32.2. The Morgan fingerprint density at radius 1 is 1.33 bits per heavy atom. The molecule has 3 N–H and O–H groups in total. The van der Waals surface area contributed by atoms with E-state index < -0.39 is 42.8 Å². The summed E-state index contributed by atoms with van der Waals surface area (Å²) in [5.74, 6) is -1.20. The van der Waals surface area contributed by atoms with Crippen LogP contribution in [0.1, 0.15) is 29.9 Å². The zero-order valence-corrected chi connectivity index (χ0v) is 17.6. The molecule has 1 aromatic carbocycles. The van der Waals surface area contributed by atoms with Crippen LogP contribution in [0.2, 0.25) is 0 Å². The lowest BCUT2D eigenvalue weighted by Crippen LogP contribution is -2.52. The van der Waals surface area contributed by atoms with Gasteiger partial charge in [0.15, 0.2) is 5.17 Å². The van der Waals surface area contributed by atoms with Gasteiger partial charge in [-0.1, -0.05) is 19.2 Å². The molecule has 1 aromatic heterocycles. The first kappa shape index (κ1) is 24.8. The van der Waals surface area contributed by atoms with Gasteiger partial charge in [0.25, 0.3) is 5.91 Å². The summed E-state index contributed by atoms with van der Waals surface area (Å²) < 4.78 is 51.0. The van der Waals surface area contributed by atoms with Gasteiger partial charge in [0.2, 0.25) is 12.7 Å². The summed E-state index contributed by atoms with van der Waals surface area (Å²) >= 11 is 1.28. The topological polar surface area (TPSA) is 112 Å². The number of nitrogens with zero attached hydrogens (tertiary/aromatic N) is 3. The number of carbonyl (C=O) groups is 1. The van der Waals surface area contributed by atoms with Crippen molar-refractivity contribution < 1.29 is 27.4 Å². The monoisotopic (exact) mass is 483 g/mol. The summed E-state index contributed by atoms with van der Waals surface area (Å²) in [6.45, 7) is -1.59. The van der Waals surface area contributed by atoms with Gasteiger partial charge in [0, 0.05) is 35.9 Å². The number of ether oxygens (including phenoxy) is 2. The van der Waals surface area contributed by atoms with Crippen molar-refractivity contribution in [2.24, 2.45) is 16.6 Å². The highest BCUT2D eigenvalue weighted by Gasteiger charge is 2.51. The Labute approximate surface area is 193 Å². The van der Waals surface area contributed by atoms with Crippen LogP contribution in [0.5, 0.6) is 5.88 Å². The van der Waals surface area contributed by atoms with Gasteiger partial charge >= 0.3 is 0 Å². The molecule has 8 nitrogen and oxygen atoms in total. The molecule has 3 heterocycles. The smallest absolute Gasteiger partial charge is 0.275 e. The van der Waals surface area contributed by atoms with E-state index in [1.807, 2.05) is 0 Å². The van der Waals surface area contributed by atoms with Crippen LogP contribution in [0.15, 0.2) is 35.6 Å². The minimum absolute atomic E-state index is 0. The summed E-state index contributed by atoms with van der Waals surface area (Å²) in [6.07, 6.45) is 1.84. The Balaban J connectivity index is 0.00000306. The predicted molar refractivity (Wildman–Crippen MR) is 119 cm³/mol. The maximum absolute atomic E-state index is 15.0. The van der Waals surface area contributed by atoms with Crippen molar-refractivity contribution in [1.82, 2.24) is 9.97 Å². The van der Waals surface area contributed by atoms with E-state index in [1.165, 1.54) is 30.0 Å². The molecule has 2 aliphatic heterocycles.